The van der Waals surface area contributed by atoms with E-state index in [-0.39, 0.29) is 18.4 Å². The number of ether oxygens (including phenoxy) is 4. The van der Waals surface area contributed by atoms with Crippen molar-refractivity contribution in [2.75, 3.05) is 0 Å². The SMILES string of the molecule is CC(OC(=O)C12C=CC(C1)C(C(=O)OC(C)[O][Ge]([CH3])([CH3])[CH3])C2C(=O)OC(C)[O][Ge]([CH3])([CH3])[CH3])OC1CCCCC1. The molecule has 0 spiro atoms. The Balaban J connectivity index is 1.81. The van der Waals surface area contributed by atoms with Crippen LogP contribution >= 0.6 is 0 Å². The second kappa shape index (κ2) is 13.0. The summed E-state index contributed by atoms with van der Waals surface area (Å²) in [5, 5.41) is 0. The summed E-state index contributed by atoms with van der Waals surface area (Å²) in [6, 6.07) is 0. The Kier molecular flexibility index (Phi) is 10.8. The Labute approximate surface area is 239 Å². The summed E-state index contributed by atoms with van der Waals surface area (Å²) in [4.78, 5) is 40.9. The van der Waals surface area contributed by atoms with Crippen molar-refractivity contribution in [3.63, 3.8) is 0 Å². The summed E-state index contributed by atoms with van der Waals surface area (Å²) in [6.45, 7) is 5.06. The second-order valence-corrected chi connectivity index (χ2v) is 31.8. The Bertz CT molecular complexity index is 919. The van der Waals surface area contributed by atoms with E-state index < -0.39 is 81.2 Å². The van der Waals surface area contributed by atoms with Gasteiger partial charge in [0, 0.05) is 0 Å². The zero-order chi connectivity index (χ0) is 29.2. The molecular weight excluding hydrogens is 626 g/mol. The van der Waals surface area contributed by atoms with E-state index in [1.165, 1.54) is 6.42 Å². The summed E-state index contributed by atoms with van der Waals surface area (Å²) >= 11 is -5.01. The van der Waals surface area contributed by atoms with Crippen molar-refractivity contribution < 1.29 is 40.9 Å². The van der Waals surface area contributed by atoms with E-state index in [0.717, 1.165) is 25.7 Å². The van der Waals surface area contributed by atoms with Crippen LogP contribution in [-0.4, -0.2) is 70.1 Å². The summed E-state index contributed by atoms with van der Waals surface area (Å²) in [7, 11) is 0. The van der Waals surface area contributed by atoms with Crippen LogP contribution in [0.3, 0.4) is 0 Å². The molecule has 3 aliphatic rings. The van der Waals surface area contributed by atoms with Gasteiger partial charge in [0.1, 0.15) is 0 Å². The number of carbonyl (C=O) groups is 3. The fourth-order valence-corrected chi connectivity index (χ4v) is 10.5. The summed E-state index contributed by atoms with van der Waals surface area (Å²) in [5.41, 5.74) is -1.34. The zero-order valence-corrected chi connectivity index (χ0v) is 29.3. The normalized spacial score (nSPS) is 29.5. The molecule has 222 valence electrons. The summed E-state index contributed by atoms with van der Waals surface area (Å²) in [6.07, 6.45) is 6.78. The van der Waals surface area contributed by atoms with Crippen molar-refractivity contribution in [1.29, 1.82) is 0 Å². The van der Waals surface area contributed by atoms with E-state index in [4.69, 9.17) is 26.5 Å². The fraction of sp³-hybridized carbons (Fsp3) is 0.821. The molecular formula is C28H48Ge2O9. The third-order valence-electron chi connectivity index (χ3n) is 7.31. The molecule has 2 saturated carbocycles. The van der Waals surface area contributed by atoms with Crippen LogP contribution in [0.15, 0.2) is 12.2 Å². The van der Waals surface area contributed by atoms with Crippen LogP contribution in [-0.2, 0) is 40.9 Å². The molecule has 0 saturated heterocycles. The van der Waals surface area contributed by atoms with E-state index in [2.05, 4.69) is 0 Å². The van der Waals surface area contributed by atoms with Gasteiger partial charge in [0.25, 0.3) is 0 Å². The first-order valence-corrected chi connectivity index (χ1v) is 28.6. The monoisotopic (exact) mass is 676 g/mol. The summed E-state index contributed by atoms with van der Waals surface area (Å²) < 4.78 is 35.1. The molecule has 7 unspecified atom stereocenters. The van der Waals surface area contributed by atoms with Gasteiger partial charge in [-0.3, -0.25) is 0 Å². The van der Waals surface area contributed by atoms with Crippen molar-refractivity contribution >= 4 is 45.1 Å². The third kappa shape index (κ3) is 8.80. The molecule has 3 aliphatic carbocycles. The minimum absolute atomic E-state index is 0.0492. The fourth-order valence-electron chi connectivity index (χ4n) is 6.10. The smallest absolute Gasteiger partial charge is 0.0531 e. The molecule has 0 N–H and O–H groups in total. The molecule has 2 fully saturated rings. The van der Waals surface area contributed by atoms with Crippen LogP contribution in [0.2, 0.25) is 34.5 Å². The molecule has 0 amide bonds. The molecule has 2 bridgehead atoms. The van der Waals surface area contributed by atoms with Gasteiger partial charge < -0.3 is 0 Å². The molecule has 3 rings (SSSR count). The van der Waals surface area contributed by atoms with Gasteiger partial charge in [-0.05, 0) is 0 Å². The first-order chi connectivity index (χ1) is 18.0. The Morgan fingerprint density at radius 1 is 0.769 bits per heavy atom. The Hall–Kier alpha value is -0.884. The number of hydrogen-bond acceptors (Lipinski definition) is 9. The van der Waals surface area contributed by atoms with Crippen molar-refractivity contribution in [1.82, 2.24) is 0 Å². The van der Waals surface area contributed by atoms with Crippen molar-refractivity contribution in [2.24, 2.45) is 23.2 Å². The number of hydrogen-bond donors (Lipinski definition) is 0. The van der Waals surface area contributed by atoms with E-state index in [1.807, 2.05) is 40.6 Å². The van der Waals surface area contributed by atoms with Gasteiger partial charge >= 0.3 is 221 Å². The molecule has 7 atom stereocenters. The molecule has 9 nitrogen and oxygen atoms in total. The van der Waals surface area contributed by atoms with Crippen molar-refractivity contribution in [3.8, 4) is 0 Å². The number of esters is 3. The van der Waals surface area contributed by atoms with E-state index in [1.54, 1.807) is 26.8 Å². The molecule has 11 heteroatoms. The molecule has 0 aromatic carbocycles. The third-order valence-corrected chi connectivity index (χ3v) is 11.7. The topological polar surface area (TPSA) is 107 Å². The van der Waals surface area contributed by atoms with Gasteiger partial charge in [-0.2, -0.15) is 0 Å². The molecule has 0 aromatic rings. The van der Waals surface area contributed by atoms with Gasteiger partial charge in [0.2, 0.25) is 0 Å². The van der Waals surface area contributed by atoms with E-state index in [9.17, 15) is 14.4 Å². The standard InChI is InChI=1S/C28H48Ge2O9/c1-18(34-22-13-11-10-12-14-22)37-27(33)28-16-15-21(17-28)23(25(31)35-19(2)38-29(4,5)6)24(28)26(32)36-20(3)39-30(7,8)9/h15-16,18-24H,10-14,17H2,1-9H3. The second-order valence-electron chi connectivity index (χ2n) is 13.1. The van der Waals surface area contributed by atoms with Crippen molar-refractivity contribution in [3.05, 3.63) is 12.2 Å². The summed E-state index contributed by atoms with van der Waals surface area (Å²) in [5.74, 6) is 8.08. The van der Waals surface area contributed by atoms with Crippen LogP contribution in [0.25, 0.3) is 0 Å². The van der Waals surface area contributed by atoms with Crippen LogP contribution in [0.1, 0.15) is 59.3 Å². The first kappa shape index (κ1) is 32.6. The average Bonchev–Trinajstić information content (AvgIpc) is 3.35. The maximum atomic E-state index is 13.7. The average molecular weight is 674 g/mol. The predicted octanol–water partition coefficient (Wildman–Crippen LogP) is 5.51. The number of fused-ring (bicyclic) bond motifs is 2. The van der Waals surface area contributed by atoms with E-state index in [0.29, 0.717) is 0 Å². The Morgan fingerprint density at radius 2 is 1.31 bits per heavy atom. The van der Waals surface area contributed by atoms with Gasteiger partial charge in [-0.1, -0.05) is 19.3 Å². The number of allylic oxidation sites excluding steroid dienone is 1. The minimum atomic E-state index is -2.52. The molecule has 0 heterocycles. The van der Waals surface area contributed by atoms with Crippen LogP contribution in [0.5, 0.6) is 0 Å². The van der Waals surface area contributed by atoms with Crippen LogP contribution in [0, 0.1) is 23.2 Å². The molecule has 39 heavy (non-hydrogen) atoms. The zero-order valence-electron chi connectivity index (χ0n) is 25.1. The minimum Gasteiger partial charge on any atom is -0.0531 e. The Morgan fingerprint density at radius 3 is 1.85 bits per heavy atom. The molecule has 0 aromatic heterocycles. The van der Waals surface area contributed by atoms with Gasteiger partial charge in [-0.25, -0.2) is 0 Å². The number of carbonyl (C=O) groups excluding carboxylic acids is 3. The van der Waals surface area contributed by atoms with Gasteiger partial charge in [0.05, 0.1) is 0 Å². The maximum absolute atomic E-state index is 13.7. The van der Waals surface area contributed by atoms with Crippen molar-refractivity contribution in [2.45, 2.75) is 119 Å². The molecule has 0 aliphatic heterocycles. The van der Waals surface area contributed by atoms with E-state index >= 15 is 0 Å². The molecule has 0 radical (unpaired) electrons. The van der Waals surface area contributed by atoms with Crippen LogP contribution < -0.4 is 0 Å². The van der Waals surface area contributed by atoms with Gasteiger partial charge in [0.15, 0.2) is 0 Å². The van der Waals surface area contributed by atoms with Crippen LogP contribution in [0.4, 0.5) is 0 Å². The first-order valence-electron chi connectivity index (χ1n) is 14.3. The quantitative estimate of drug-likeness (QED) is 0.0871. The predicted molar refractivity (Wildman–Crippen MR) is 150 cm³/mol. The number of rotatable bonds is 12. The van der Waals surface area contributed by atoms with Gasteiger partial charge in [-0.15, -0.1) is 0 Å².